The second-order valence-electron chi connectivity index (χ2n) is 4.29. The Morgan fingerprint density at radius 1 is 1.50 bits per heavy atom. The number of hydrogen-bond acceptors (Lipinski definition) is 4. The van der Waals surface area contributed by atoms with Gasteiger partial charge in [0, 0.05) is 24.1 Å². The van der Waals surface area contributed by atoms with Crippen LogP contribution in [0.1, 0.15) is 18.4 Å². The van der Waals surface area contributed by atoms with Gasteiger partial charge in [-0.05, 0) is 31.4 Å². The number of sulfone groups is 1. The van der Waals surface area contributed by atoms with Gasteiger partial charge in [-0.25, -0.2) is 8.42 Å². The van der Waals surface area contributed by atoms with Gasteiger partial charge in [-0.15, -0.1) is 0 Å². The molecule has 88 valence electrons. The Morgan fingerprint density at radius 2 is 2.31 bits per heavy atom. The minimum Gasteiger partial charge on any atom is -0.381 e. The minimum absolute atomic E-state index is 0.0415. The van der Waals surface area contributed by atoms with Gasteiger partial charge in [0.1, 0.15) is 0 Å². The molecular formula is C11H16N2O2S. The summed E-state index contributed by atoms with van der Waals surface area (Å²) in [5.41, 5.74) is 2.03. The minimum atomic E-state index is -2.84. The summed E-state index contributed by atoms with van der Waals surface area (Å²) in [5.74, 6) is 0.579. The highest BCUT2D eigenvalue weighted by Crippen LogP contribution is 2.19. The molecule has 1 atom stereocenters. The second-order valence-corrected chi connectivity index (χ2v) is 6.52. The average molecular weight is 240 g/mol. The molecule has 1 aromatic heterocycles. The van der Waals surface area contributed by atoms with E-state index in [2.05, 4.69) is 10.3 Å². The lowest BCUT2D eigenvalue weighted by Crippen LogP contribution is -2.34. The standard InChI is InChI=1S/C11H16N2O2S/c1-9-7-12-5-4-11(9)13-10-3-2-6-16(14,15)8-10/h4-5,7,10H,2-3,6,8H2,1H3,(H,12,13). The van der Waals surface area contributed by atoms with Crippen LogP contribution in [0.5, 0.6) is 0 Å². The van der Waals surface area contributed by atoms with Crippen molar-refractivity contribution in [2.45, 2.75) is 25.8 Å². The molecular weight excluding hydrogens is 224 g/mol. The van der Waals surface area contributed by atoms with E-state index in [0.29, 0.717) is 5.75 Å². The molecule has 5 heteroatoms. The van der Waals surface area contributed by atoms with E-state index >= 15 is 0 Å². The quantitative estimate of drug-likeness (QED) is 0.848. The molecule has 4 nitrogen and oxygen atoms in total. The normalized spacial score (nSPS) is 23.9. The Hall–Kier alpha value is -1.10. The van der Waals surface area contributed by atoms with Gasteiger partial charge in [0.05, 0.1) is 11.5 Å². The van der Waals surface area contributed by atoms with E-state index in [9.17, 15) is 8.42 Å². The number of pyridine rings is 1. The van der Waals surface area contributed by atoms with E-state index in [1.54, 1.807) is 12.4 Å². The summed E-state index contributed by atoms with van der Waals surface area (Å²) in [6.45, 7) is 1.96. The molecule has 0 amide bonds. The zero-order chi connectivity index (χ0) is 11.6. The lowest BCUT2D eigenvalue weighted by Gasteiger charge is -2.24. The molecule has 0 saturated carbocycles. The first-order valence-corrected chi connectivity index (χ1v) is 7.26. The average Bonchev–Trinajstić information content (AvgIpc) is 2.20. The summed E-state index contributed by atoms with van der Waals surface area (Å²) in [7, 11) is -2.84. The molecule has 1 aromatic rings. The highest BCUT2D eigenvalue weighted by atomic mass is 32.2. The molecule has 1 N–H and O–H groups in total. The smallest absolute Gasteiger partial charge is 0.152 e. The monoisotopic (exact) mass is 240 g/mol. The predicted octanol–water partition coefficient (Wildman–Crippen LogP) is 1.38. The molecule has 0 spiro atoms. The van der Waals surface area contributed by atoms with Crippen LogP contribution >= 0.6 is 0 Å². The number of rotatable bonds is 2. The van der Waals surface area contributed by atoms with E-state index in [1.165, 1.54) is 0 Å². The fourth-order valence-electron chi connectivity index (χ4n) is 1.99. The van der Waals surface area contributed by atoms with Crippen LogP contribution < -0.4 is 5.32 Å². The fourth-order valence-corrected chi connectivity index (χ4v) is 3.63. The molecule has 1 fully saturated rings. The topological polar surface area (TPSA) is 59.1 Å². The van der Waals surface area contributed by atoms with E-state index in [1.807, 2.05) is 13.0 Å². The van der Waals surface area contributed by atoms with Crippen molar-refractivity contribution in [3.8, 4) is 0 Å². The van der Waals surface area contributed by atoms with E-state index < -0.39 is 9.84 Å². The Labute approximate surface area is 96.0 Å². The third-order valence-corrected chi connectivity index (χ3v) is 4.66. The predicted molar refractivity (Wildman–Crippen MR) is 64.3 cm³/mol. The maximum absolute atomic E-state index is 11.5. The molecule has 0 aliphatic carbocycles. The van der Waals surface area contributed by atoms with Gasteiger partial charge < -0.3 is 5.32 Å². The van der Waals surface area contributed by atoms with Crippen molar-refractivity contribution in [2.75, 3.05) is 16.8 Å². The molecule has 1 aliphatic rings. The molecule has 16 heavy (non-hydrogen) atoms. The van der Waals surface area contributed by atoms with Crippen molar-refractivity contribution in [3.63, 3.8) is 0 Å². The maximum atomic E-state index is 11.5. The number of hydrogen-bond donors (Lipinski definition) is 1. The Morgan fingerprint density at radius 3 is 3.00 bits per heavy atom. The zero-order valence-corrected chi connectivity index (χ0v) is 10.1. The van der Waals surface area contributed by atoms with Gasteiger partial charge in [0.15, 0.2) is 9.84 Å². The third-order valence-electron chi connectivity index (χ3n) is 2.84. The summed E-state index contributed by atoms with van der Waals surface area (Å²) >= 11 is 0. The first-order valence-electron chi connectivity index (χ1n) is 5.44. The Bertz CT molecular complexity index is 471. The van der Waals surface area contributed by atoms with Gasteiger partial charge in [-0.3, -0.25) is 4.98 Å². The van der Waals surface area contributed by atoms with Gasteiger partial charge in [-0.1, -0.05) is 0 Å². The third kappa shape index (κ3) is 2.72. The number of nitrogens with zero attached hydrogens (tertiary/aromatic N) is 1. The summed E-state index contributed by atoms with van der Waals surface area (Å²) in [6, 6.07) is 1.93. The lowest BCUT2D eigenvalue weighted by molar-refractivity contribution is 0.562. The highest BCUT2D eigenvalue weighted by Gasteiger charge is 2.24. The molecule has 0 aromatic carbocycles. The van der Waals surface area contributed by atoms with Crippen LogP contribution in [0.4, 0.5) is 5.69 Å². The van der Waals surface area contributed by atoms with Crippen molar-refractivity contribution in [2.24, 2.45) is 0 Å². The van der Waals surface area contributed by atoms with Crippen LogP contribution in [0.3, 0.4) is 0 Å². The van der Waals surface area contributed by atoms with Gasteiger partial charge in [-0.2, -0.15) is 0 Å². The van der Waals surface area contributed by atoms with Crippen molar-refractivity contribution in [1.82, 2.24) is 4.98 Å². The molecule has 1 saturated heterocycles. The highest BCUT2D eigenvalue weighted by molar-refractivity contribution is 7.91. The van der Waals surface area contributed by atoms with Crippen molar-refractivity contribution < 1.29 is 8.42 Å². The van der Waals surface area contributed by atoms with Crippen LogP contribution in [0.2, 0.25) is 0 Å². The van der Waals surface area contributed by atoms with E-state index in [0.717, 1.165) is 24.1 Å². The molecule has 2 heterocycles. The Kier molecular flexibility index (Phi) is 3.14. The van der Waals surface area contributed by atoms with Crippen LogP contribution in [-0.2, 0) is 9.84 Å². The largest absolute Gasteiger partial charge is 0.381 e. The zero-order valence-electron chi connectivity index (χ0n) is 9.31. The SMILES string of the molecule is Cc1cnccc1NC1CCCS(=O)(=O)C1. The van der Waals surface area contributed by atoms with Crippen LogP contribution in [0.15, 0.2) is 18.5 Å². The summed E-state index contributed by atoms with van der Waals surface area (Å²) in [5, 5.41) is 3.29. The maximum Gasteiger partial charge on any atom is 0.152 e. The van der Waals surface area contributed by atoms with Crippen LogP contribution in [0, 0.1) is 6.92 Å². The van der Waals surface area contributed by atoms with Crippen LogP contribution in [0.25, 0.3) is 0 Å². The first kappa shape index (κ1) is 11.4. The lowest BCUT2D eigenvalue weighted by atomic mass is 10.1. The Balaban J connectivity index is 2.08. The number of aromatic nitrogens is 1. The molecule has 1 aliphatic heterocycles. The number of anilines is 1. The fraction of sp³-hybridized carbons (Fsp3) is 0.545. The molecule has 2 rings (SSSR count). The number of aryl methyl sites for hydroxylation is 1. The van der Waals surface area contributed by atoms with E-state index in [-0.39, 0.29) is 11.8 Å². The number of nitrogens with one attached hydrogen (secondary N) is 1. The van der Waals surface area contributed by atoms with Gasteiger partial charge >= 0.3 is 0 Å². The first-order chi connectivity index (χ1) is 7.57. The second kappa shape index (κ2) is 4.41. The molecule has 0 radical (unpaired) electrons. The van der Waals surface area contributed by atoms with Crippen molar-refractivity contribution >= 4 is 15.5 Å². The van der Waals surface area contributed by atoms with Crippen molar-refractivity contribution in [3.05, 3.63) is 24.0 Å². The van der Waals surface area contributed by atoms with Gasteiger partial charge in [0.2, 0.25) is 0 Å². The molecule has 1 unspecified atom stereocenters. The van der Waals surface area contributed by atoms with Gasteiger partial charge in [0.25, 0.3) is 0 Å². The summed E-state index contributed by atoms with van der Waals surface area (Å²) in [6.07, 6.45) is 5.16. The van der Waals surface area contributed by atoms with E-state index in [4.69, 9.17) is 0 Å². The summed E-state index contributed by atoms with van der Waals surface area (Å²) < 4.78 is 23.0. The molecule has 0 bridgehead atoms. The summed E-state index contributed by atoms with van der Waals surface area (Å²) in [4.78, 5) is 4.01. The van der Waals surface area contributed by atoms with Crippen LogP contribution in [-0.4, -0.2) is 30.9 Å². The van der Waals surface area contributed by atoms with Crippen molar-refractivity contribution in [1.29, 1.82) is 0 Å².